The summed E-state index contributed by atoms with van der Waals surface area (Å²) in [5.41, 5.74) is -0.415. The average molecular weight is 250 g/mol. The lowest BCUT2D eigenvalue weighted by Gasteiger charge is -2.26. The molecule has 1 aliphatic rings. The summed E-state index contributed by atoms with van der Waals surface area (Å²) in [4.78, 5) is 12.3. The summed E-state index contributed by atoms with van der Waals surface area (Å²) in [7, 11) is 0. The van der Waals surface area contributed by atoms with E-state index in [9.17, 15) is 9.18 Å². The van der Waals surface area contributed by atoms with Crippen molar-refractivity contribution in [3.8, 4) is 0 Å². The van der Waals surface area contributed by atoms with Crippen LogP contribution in [0.1, 0.15) is 25.8 Å². The van der Waals surface area contributed by atoms with Crippen molar-refractivity contribution in [2.75, 3.05) is 13.1 Å². The zero-order valence-corrected chi connectivity index (χ0v) is 10.8. The lowest BCUT2D eigenvalue weighted by Crippen LogP contribution is -2.46. The first kappa shape index (κ1) is 13.0. The molecule has 4 heteroatoms. The molecule has 2 rings (SSSR count). The molecule has 98 valence electrons. The van der Waals surface area contributed by atoms with E-state index in [1.165, 1.54) is 6.07 Å². The first-order valence-electron chi connectivity index (χ1n) is 6.28. The van der Waals surface area contributed by atoms with Gasteiger partial charge in [0.1, 0.15) is 5.82 Å². The van der Waals surface area contributed by atoms with E-state index in [0.717, 1.165) is 19.5 Å². The Kier molecular flexibility index (Phi) is 3.66. The number of amides is 1. The number of carbonyl (C=O) groups is 1. The maximum atomic E-state index is 13.8. The van der Waals surface area contributed by atoms with Crippen LogP contribution in [0.25, 0.3) is 0 Å². The summed E-state index contributed by atoms with van der Waals surface area (Å²) in [5, 5.41) is 6.17. The Balaban J connectivity index is 2.14. The van der Waals surface area contributed by atoms with Gasteiger partial charge in [0.25, 0.3) is 0 Å². The third-order valence-corrected chi connectivity index (χ3v) is 3.51. The smallest absolute Gasteiger partial charge is 0.230 e. The largest absolute Gasteiger partial charge is 0.351 e. The highest BCUT2D eigenvalue weighted by atomic mass is 19.1. The van der Waals surface area contributed by atoms with E-state index < -0.39 is 5.41 Å². The van der Waals surface area contributed by atoms with Gasteiger partial charge in [-0.05, 0) is 32.9 Å². The van der Waals surface area contributed by atoms with Crippen molar-refractivity contribution < 1.29 is 9.18 Å². The quantitative estimate of drug-likeness (QED) is 0.855. The number of hydrogen-bond donors (Lipinski definition) is 2. The first-order valence-corrected chi connectivity index (χ1v) is 6.28. The van der Waals surface area contributed by atoms with Crippen LogP contribution in [-0.4, -0.2) is 25.0 Å². The van der Waals surface area contributed by atoms with Gasteiger partial charge in [0.15, 0.2) is 0 Å². The Morgan fingerprint density at radius 3 is 2.78 bits per heavy atom. The van der Waals surface area contributed by atoms with E-state index in [4.69, 9.17) is 0 Å². The second-order valence-corrected chi connectivity index (χ2v) is 5.27. The molecular weight excluding hydrogens is 231 g/mol. The molecule has 1 amide bonds. The summed E-state index contributed by atoms with van der Waals surface area (Å²) in [6.45, 7) is 5.22. The Bertz CT molecular complexity index is 439. The van der Waals surface area contributed by atoms with E-state index in [-0.39, 0.29) is 17.8 Å². The van der Waals surface area contributed by atoms with Gasteiger partial charge in [0.05, 0.1) is 5.41 Å². The molecule has 18 heavy (non-hydrogen) atoms. The molecule has 1 unspecified atom stereocenters. The molecule has 1 atom stereocenters. The number of hydrogen-bond acceptors (Lipinski definition) is 2. The molecule has 1 saturated heterocycles. The standard InChI is InChI=1S/C14H19FN2O/c1-14(2,11-5-3-4-6-12(11)15)13(18)17-10-7-8-16-9-10/h3-6,10,16H,7-9H2,1-2H3,(H,17,18). The van der Waals surface area contributed by atoms with Crippen molar-refractivity contribution in [1.29, 1.82) is 0 Å². The fourth-order valence-electron chi connectivity index (χ4n) is 2.23. The van der Waals surface area contributed by atoms with Crippen LogP contribution in [0.2, 0.25) is 0 Å². The Morgan fingerprint density at radius 2 is 2.17 bits per heavy atom. The van der Waals surface area contributed by atoms with Gasteiger partial charge in [-0.25, -0.2) is 4.39 Å². The Hall–Kier alpha value is -1.42. The van der Waals surface area contributed by atoms with Gasteiger partial charge < -0.3 is 10.6 Å². The van der Waals surface area contributed by atoms with Crippen molar-refractivity contribution in [3.63, 3.8) is 0 Å². The monoisotopic (exact) mass is 250 g/mol. The fraction of sp³-hybridized carbons (Fsp3) is 0.500. The highest BCUT2D eigenvalue weighted by Gasteiger charge is 2.33. The molecule has 1 heterocycles. The fourth-order valence-corrected chi connectivity index (χ4v) is 2.23. The molecule has 0 aliphatic carbocycles. The van der Waals surface area contributed by atoms with Crippen molar-refractivity contribution >= 4 is 5.91 Å². The molecule has 1 fully saturated rings. The van der Waals surface area contributed by atoms with Crippen molar-refractivity contribution in [3.05, 3.63) is 35.6 Å². The SMILES string of the molecule is CC(C)(C(=O)NC1CCNC1)c1ccccc1F. The maximum absolute atomic E-state index is 13.8. The molecule has 1 aromatic carbocycles. The van der Waals surface area contributed by atoms with E-state index in [1.54, 1.807) is 32.0 Å². The van der Waals surface area contributed by atoms with Gasteiger partial charge in [-0.2, -0.15) is 0 Å². The van der Waals surface area contributed by atoms with Gasteiger partial charge in [0.2, 0.25) is 5.91 Å². The van der Waals surface area contributed by atoms with Crippen molar-refractivity contribution in [2.45, 2.75) is 31.7 Å². The molecule has 0 aromatic heterocycles. The maximum Gasteiger partial charge on any atom is 0.230 e. The highest BCUT2D eigenvalue weighted by Crippen LogP contribution is 2.26. The first-order chi connectivity index (χ1) is 8.51. The molecule has 0 radical (unpaired) electrons. The molecule has 0 spiro atoms. The van der Waals surface area contributed by atoms with E-state index in [0.29, 0.717) is 5.56 Å². The molecule has 0 saturated carbocycles. The molecule has 1 aliphatic heterocycles. The van der Waals surface area contributed by atoms with Crippen LogP contribution in [0, 0.1) is 5.82 Å². The van der Waals surface area contributed by atoms with E-state index in [2.05, 4.69) is 10.6 Å². The number of benzene rings is 1. The minimum atomic E-state index is -0.853. The van der Waals surface area contributed by atoms with Gasteiger partial charge >= 0.3 is 0 Å². The summed E-state index contributed by atoms with van der Waals surface area (Å²) in [5.74, 6) is -0.455. The highest BCUT2D eigenvalue weighted by molar-refractivity contribution is 5.87. The zero-order valence-electron chi connectivity index (χ0n) is 10.8. The van der Waals surface area contributed by atoms with Crippen LogP contribution < -0.4 is 10.6 Å². The van der Waals surface area contributed by atoms with Crippen LogP contribution in [-0.2, 0) is 10.2 Å². The topological polar surface area (TPSA) is 41.1 Å². The Labute approximate surface area is 107 Å². The third kappa shape index (κ3) is 2.53. The summed E-state index contributed by atoms with van der Waals surface area (Å²) >= 11 is 0. The van der Waals surface area contributed by atoms with Crippen LogP contribution in [0.4, 0.5) is 4.39 Å². The molecular formula is C14H19FN2O. The predicted octanol–water partition coefficient (Wildman–Crippen LogP) is 1.58. The Morgan fingerprint density at radius 1 is 1.44 bits per heavy atom. The number of nitrogens with one attached hydrogen (secondary N) is 2. The molecule has 3 nitrogen and oxygen atoms in total. The summed E-state index contributed by atoms with van der Waals surface area (Å²) < 4.78 is 13.8. The average Bonchev–Trinajstić information content (AvgIpc) is 2.82. The normalized spacial score (nSPS) is 19.8. The van der Waals surface area contributed by atoms with E-state index >= 15 is 0 Å². The third-order valence-electron chi connectivity index (χ3n) is 3.51. The molecule has 1 aromatic rings. The minimum Gasteiger partial charge on any atom is -0.351 e. The van der Waals surface area contributed by atoms with Crippen LogP contribution in [0.5, 0.6) is 0 Å². The predicted molar refractivity (Wildman–Crippen MR) is 68.8 cm³/mol. The van der Waals surface area contributed by atoms with Gasteiger partial charge in [-0.1, -0.05) is 18.2 Å². The zero-order chi connectivity index (χ0) is 13.2. The van der Waals surface area contributed by atoms with Crippen LogP contribution in [0.15, 0.2) is 24.3 Å². The number of halogens is 1. The van der Waals surface area contributed by atoms with Crippen LogP contribution >= 0.6 is 0 Å². The second kappa shape index (κ2) is 5.06. The minimum absolute atomic E-state index is 0.124. The molecule has 0 bridgehead atoms. The van der Waals surface area contributed by atoms with Gasteiger partial charge in [-0.15, -0.1) is 0 Å². The van der Waals surface area contributed by atoms with Crippen molar-refractivity contribution in [1.82, 2.24) is 10.6 Å². The lowest BCUT2D eigenvalue weighted by molar-refractivity contribution is -0.126. The summed E-state index contributed by atoms with van der Waals surface area (Å²) in [6, 6.07) is 6.60. The van der Waals surface area contributed by atoms with E-state index in [1.807, 2.05) is 0 Å². The van der Waals surface area contributed by atoms with Gasteiger partial charge in [-0.3, -0.25) is 4.79 Å². The summed E-state index contributed by atoms with van der Waals surface area (Å²) in [6.07, 6.45) is 0.930. The van der Waals surface area contributed by atoms with Crippen molar-refractivity contribution in [2.24, 2.45) is 0 Å². The second-order valence-electron chi connectivity index (χ2n) is 5.27. The lowest BCUT2D eigenvalue weighted by atomic mass is 9.83. The number of carbonyl (C=O) groups excluding carboxylic acids is 1. The van der Waals surface area contributed by atoms with Gasteiger partial charge in [0, 0.05) is 18.2 Å². The van der Waals surface area contributed by atoms with Crippen LogP contribution in [0.3, 0.4) is 0 Å². The number of rotatable bonds is 3. The molecule has 2 N–H and O–H groups in total.